The Labute approximate surface area is 113 Å². The van der Waals surface area contributed by atoms with Crippen molar-refractivity contribution in [3.63, 3.8) is 0 Å². The van der Waals surface area contributed by atoms with Gasteiger partial charge < -0.3 is 10.0 Å². The maximum absolute atomic E-state index is 11.1. The standard InChI is InChI=1S/C14H21N3O2/c1-8-5-9(2)11(4)17(7-8)14-15-10(3)6-12(16-14)13(18)19/h6,8-9,11H,5,7H2,1-4H3,(H,18,19). The second kappa shape index (κ2) is 5.15. The molecule has 1 aliphatic rings. The van der Waals surface area contributed by atoms with Gasteiger partial charge in [-0.25, -0.2) is 14.8 Å². The number of aryl methyl sites for hydroxylation is 1. The van der Waals surface area contributed by atoms with Crippen molar-refractivity contribution in [3.8, 4) is 0 Å². The first-order valence-electron chi connectivity index (χ1n) is 6.74. The lowest BCUT2D eigenvalue weighted by molar-refractivity contribution is 0.0690. The van der Waals surface area contributed by atoms with E-state index in [4.69, 9.17) is 5.11 Å². The molecule has 0 spiro atoms. The highest BCUT2D eigenvalue weighted by Gasteiger charge is 2.30. The molecule has 3 atom stereocenters. The van der Waals surface area contributed by atoms with Crippen molar-refractivity contribution >= 4 is 11.9 Å². The minimum atomic E-state index is -1.00. The smallest absolute Gasteiger partial charge is 0.354 e. The van der Waals surface area contributed by atoms with E-state index in [-0.39, 0.29) is 5.69 Å². The molecule has 3 unspecified atom stereocenters. The molecule has 1 N–H and O–H groups in total. The van der Waals surface area contributed by atoms with Gasteiger partial charge in [0, 0.05) is 18.3 Å². The minimum absolute atomic E-state index is 0.0700. The van der Waals surface area contributed by atoms with E-state index in [0.717, 1.165) is 6.54 Å². The summed E-state index contributed by atoms with van der Waals surface area (Å²) in [5.74, 6) is 0.672. The van der Waals surface area contributed by atoms with Crippen LogP contribution in [-0.2, 0) is 0 Å². The highest BCUT2D eigenvalue weighted by atomic mass is 16.4. The van der Waals surface area contributed by atoms with Gasteiger partial charge in [-0.2, -0.15) is 0 Å². The van der Waals surface area contributed by atoms with Crippen LogP contribution in [0.25, 0.3) is 0 Å². The molecule has 5 nitrogen and oxygen atoms in total. The van der Waals surface area contributed by atoms with Crippen LogP contribution >= 0.6 is 0 Å². The van der Waals surface area contributed by atoms with Gasteiger partial charge in [-0.1, -0.05) is 13.8 Å². The summed E-state index contributed by atoms with van der Waals surface area (Å²) in [6.45, 7) is 9.28. The van der Waals surface area contributed by atoms with Crippen molar-refractivity contribution < 1.29 is 9.90 Å². The molecule has 0 radical (unpaired) electrons. The van der Waals surface area contributed by atoms with E-state index in [1.807, 2.05) is 0 Å². The lowest BCUT2D eigenvalue weighted by atomic mass is 9.86. The Hall–Kier alpha value is -1.65. The third kappa shape index (κ3) is 2.85. The van der Waals surface area contributed by atoms with Crippen LogP contribution in [0.2, 0.25) is 0 Å². The molecule has 0 aromatic carbocycles. The van der Waals surface area contributed by atoms with E-state index in [9.17, 15) is 4.79 Å². The number of carbonyl (C=O) groups is 1. The molecule has 5 heteroatoms. The van der Waals surface area contributed by atoms with Crippen molar-refractivity contribution in [2.75, 3.05) is 11.4 Å². The summed E-state index contributed by atoms with van der Waals surface area (Å²) in [4.78, 5) is 21.8. The molecule has 1 fully saturated rings. The number of hydrogen-bond acceptors (Lipinski definition) is 4. The van der Waals surface area contributed by atoms with E-state index >= 15 is 0 Å². The molecule has 2 heterocycles. The summed E-state index contributed by atoms with van der Waals surface area (Å²) < 4.78 is 0. The second-order valence-electron chi connectivity index (χ2n) is 5.71. The Morgan fingerprint density at radius 1 is 1.37 bits per heavy atom. The van der Waals surface area contributed by atoms with Crippen molar-refractivity contribution in [3.05, 3.63) is 17.5 Å². The highest BCUT2D eigenvalue weighted by Crippen LogP contribution is 2.29. The van der Waals surface area contributed by atoms with E-state index in [0.29, 0.717) is 29.5 Å². The third-order valence-electron chi connectivity index (χ3n) is 3.92. The van der Waals surface area contributed by atoms with Gasteiger partial charge in [0.15, 0.2) is 5.69 Å². The average molecular weight is 263 g/mol. The Balaban J connectivity index is 2.37. The van der Waals surface area contributed by atoms with Crippen LogP contribution in [0.1, 0.15) is 43.4 Å². The zero-order valence-electron chi connectivity index (χ0n) is 11.9. The molecule has 0 aliphatic carbocycles. The van der Waals surface area contributed by atoms with Crippen LogP contribution < -0.4 is 4.90 Å². The van der Waals surface area contributed by atoms with Gasteiger partial charge in [0.05, 0.1) is 0 Å². The van der Waals surface area contributed by atoms with Crippen LogP contribution in [0.4, 0.5) is 5.95 Å². The van der Waals surface area contributed by atoms with E-state index in [1.54, 1.807) is 6.92 Å². The molecule has 1 aromatic rings. The normalized spacial score (nSPS) is 27.4. The quantitative estimate of drug-likeness (QED) is 0.887. The van der Waals surface area contributed by atoms with Crippen LogP contribution in [0.3, 0.4) is 0 Å². The van der Waals surface area contributed by atoms with Gasteiger partial charge in [-0.15, -0.1) is 0 Å². The van der Waals surface area contributed by atoms with E-state index in [1.165, 1.54) is 12.5 Å². The zero-order valence-corrected chi connectivity index (χ0v) is 11.9. The van der Waals surface area contributed by atoms with Gasteiger partial charge >= 0.3 is 5.97 Å². The van der Waals surface area contributed by atoms with Crippen LogP contribution in [0.5, 0.6) is 0 Å². The topological polar surface area (TPSA) is 66.3 Å². The molecule has 1 saturated heterocycles. The summed E-state index contributed by atoms with van der Waals surface area (Å²) in [5, 5.41) is 9.09. The Morgan fingerprint density at radius 3 is 2.68 bits per heavy atom. The number of aromatic nitrogens is 2. The molecular formula is C14H21N3O2. The SMILES string of the molecule is Cc1cc(C(=O)O)nc(N2CC(C)CC(C)C2C)n1. The number of carboxylic acid groups (broad SMARTS) is 1. The van der Waals surface area contributed by atoms with Crippen molar-refractivity contribution in [1.82, 2.24) is 9.97 Å². The average Bonchev–Trinajstić information content (AvgIpc) is 2.32. The van der Waals surface area contributed by atoms with E-state index < -0.39 is 5.97 Å². The number of nitrogens with zero attached hydrogens (tertiary/aromatic N) is 3. The Kier molecular flexibility index (Phi) is 3.73. The minimum Gasteiger partial charge on any atom is -0.477 e. The summed E-state index contributed by atoms with van der Waals surface area (Å²) in [7, 11) is 0. The predicted octanol–water partition coefficient (Wildman–Crippen LogP) is 2.35. The number of piperidine rings is 1. The van der Waals surface area contributed by atoms with Crippen molar-refractivity contribution in [2.24, 2.45) is 11.8 Å². The van der Waals surface area contributed by atoms with Gasteiger partial charge in [0.2, 0.25) is 5.95 Å². The summed E-state index contributed by atoms with van der Waals surface area (Å²) in [6.07, 6.45) is 1.19. The molecule has 19 heavy (non-hydrogen) atoms. The summed E-state index contributed by atoms with van der Waals surface area (Å²) >= 11 is 0. The third-order valence-corrected chi connectivity index (χ3v) is 3.92. The number of hydrogen-bond donors (Lipinski definition) is 1. The van der Waals surface area contributed by atoms with E-state index in [2.05, 4.69) is 35.6 Å². The fraction of sp³-hybridized carbons (Fsp3) is 0.643. The zero-order chi connectivity index (χ0) is 14.2. The number of rotatable bonds is 2. The molecule has 0 bridgehead atoms. The van der Waals surface area contributed by atoms with Gasteiger partial charge in [0.25, 0.3) is 0 Å². The van der Waals surface area contributed by atoms with Crippen molar-refractivity contribution in [1.29, 1.82) is 0 Å². The predicted molar refractivity (Wildman–Crippen MR) is 73.5 cm³/mol. The molecule has 104 valence electrons. The Bertz CT molecular complexity index is 490. The molecule has 1 aliphatic heterocycles. The molecular weight excluding hydrogens is 242 g/mol. The first kappa shape index (κ1) is 13.8. The van der Waals surface area contributed by atoms with Gasteiger partial charge in [-0.05, 0) is 38.2 Å². The van der Waals surface area contributed by atoms with Crippen LogP contribution in [-0.4, -0.2) is 33.6 Å². The summed E-state index contributed by atoms with van der Waals surface area (Å²) in [6, 6.07) is 1.84. The summed E-state index contributed by atoms with van der Waals surface area (Å²) in [5.41, 5.74) is 0.765. The molecule has 1 aromatic heterocycles. The fourth-order valence-electron chi connectivity index (χ4n) is 2.77. The van der Waals surface area contributed by atoms with Crippen LogP contribution in [0.15, 0.2) is 6.07 Å². The molecule has 0 saturated carbocycles. The Morgan fingerprint density at radius 2 is 2.05 bits per heavy atom. The monoisotopic (exact) mass is 263 g/mol. The maximum atomic E-state index is 11.1. The highest BCUT2D eigenvalue weighted by molar-refractivity contribution is 5.85. The largest absolute Gasteiger partial charge is 0.477 e. The van der Waals surface area contributed by atoms with Crippen molar-refractivity contribution in [2.45, 2.75) is 40.2 Å². The maximum Gasteiger partial charge on any atom is 0.354 e. The lowest BCUT2D eigenvalue weighted by Crippen LogP contribution is -2.46. The first-order chi connectivity index (χ1) is 8.88. The molecule has 2 rings (SSSR count). The van der Waals surface area contributed by atoms with Gasteiger partial charge in [0.1, 0.15) is 0 Å². The number of aromatic carboxylic acids is 1. The van der Waals surface area contributed by atoms with Gasteiger partial charge in [-0.3, -0.25) is 0 Å². The fourth-order valence-corrected chi connectivity index (χ4v) is 2.77. The lowest BCUT2D eigenvalue weighted by Gasteiger charge is -2.41. The van der Waals surface area contributed by atoms with Crippen LogP contribution in [0, 0.1) is 18.8 Å². The number of anilines is 1. The second-order valence-corrected chi connectivity index (χ2v) is 5.71. The first-order valence-corrected chi connectivity index (χ1v) is 6.74. The molecule has 0 amide bonds. The number of carboxylic acids is 1.